The van der Waals surface area contributed by atoms with Gasteiger partial charge in [0.2, 0.25) is 0 Å². The summed E-state index contributed by atoms with van der Waals surface area (Å²) in [6, 6.07) is 0. The maximum atomic E-state index is 10.7. The first-order valence-corrected chi connectivity index (χ1v) is 4.11. The number of carbonyl (C=O) groups is 1. The van der Waals surface area contributed by atoms with Crippen molar-refractivity contribution < 1.29 is 19.0 Å². The maximum Gasteiger partial charge on any atom is 0.340 e. The van der Waals surface area contributed by atoms with Gasteiger partial charge in [0.15, 0.2) is 11.9 Å². The van der Waals surface area contributed by atoms with E-state index in [-0.39, 0.29) is 6.10 Å². The maximum absolute atomic E-state index is 10.7. The van der Waals surface area contributed by atoms with Gasteiger partial charge in [0, 0.05) is 6.08 Å². The van der Waals surface area contributed by atoms with E-state index in [0.29, 0.717) is 6.61 Å². The fourth-order valence-corrected chi connectivity index (χ4v) is 1.34. The third kappa shape index (κ3) is 1.73. The van der Waals surface area contributed by atoms with E-state index in [9.17, 15) is 4.79 Å². The van der Waals surface area contributed by atoms with Crippen LogP contribution in [0, 0.1) is 12.2 Å². The molecule has 0 aromatic rings. The Bertz CT molecular complexity index is 256. The lowest BCUT2D eigenvalue weighted by molar-refractivity contribution is -0.160. The van der Waals surface area contributed by atoms with Gasteiger partial charge in [0.1, 0.15) is 6.10 Å². The smallest absolute Gasteiger partial charge is 0.340 e. The minimum atomic E-state index is -0.596. The Hall–Kier alpha value is -0.870. The summed E-state index contributed by atoms with van der Waals surface area (Å²) in [5.74, 6) is -1.08. The lowest BCUT2D eigenvalue weighted by atomic mass is 10.2. The van der Waals surface area contributed by atoms with Crippen molar-refractivity contribution in [3.8, 4) is 0 Å². The summed E-state index contributed by atoms with van der Waals surface area (Å²) < 4.78 is 15.7. The molecule has 0 amide bonds. The van der Waals surface area contributed by atoms with Crippen molar-refractivity contribution >= 4 is 5.97 Å². The molecule has 2 aliphatic heterocycles. The van der Waals surface area contributed by atoms with Crippen molar-refractivity contribution in [3.63, 3.8) is 0 Å². The molecule has 0 aromatic heterocycles. The van der Waals surface area contributed by atoms with Crippen LogP contribution in [0.1, 0.15) is 13.8 Å². The lowest BCUT2D eigenvalue weighted by Crippen LogP contribution is -2.30. The number of rotatable bonds is 1. The fourth-order valence-electron chi connectivity index (χ4n) is 1.34. The van der Waals surface area contributed by atoms with Crippen molar-refractivity contribution in [2.24, 2.45) is 0 Å². The molecule has 0 bridgehead atoms. The summed E-state index contributed by atoms with van der Waals surface area (Å²) in [5, 5.41) is 0. The van der Waals surface area contributed by atoms with Gasteiger partial charge in [0.25, 0.3) is 0 Å². The van der Waals surface area contributed by atoms with Crippen LogP contribution < -0.4 is 0 Å². The molecule has 1 fully saturated rings. The van der Waals surface area contributed by atoms with E-state index in [4.69, 9.17) is 14.2 Å². The summed E-state index contributed by atoms with van der Waals surface area (Å²) in [4.78, 5) is 10.7. The molecule has 0 spiro atoms. The molecule has 2 rings (SSSR count). The summed E-state index contributed by atoms with van der Waals surface area (Å²) in [6.45, 7) is 4.05. The SMILES string of the molecule is CC1(C)OCC(C2[C]=[C]C(=O)O2)O1. The number of cyclic esters (lactones) is 1. The Morgan fingerprint density at radius 1 is 1.54 bits per heavy atom. The van der Waals surface area contributed by atoms with Gasteiger partial charge >= 0.3 is 5.97 Å². The van der Waals surface area contributed by atoms with Crippen LogP contribution in [0.3, 0.4) is 0 Å². The van der Waals surface area contributed by atoms with E-state index < -0.39 is 17.9 Å². The molecular formula is C9H10O4. The lowest BCUT2D eigenvalue weighted by Gasteiger charge is -2.19. The zero-order chi connectivity index (χ0) is 9.47. The molecule has 0 N–H and O–H groups in total. The Labute approximate surface area is 76.5 Å². The van der Waals surface area contributed by atoms with Crippen LogP contribution in [-0.2, 0) is 19.0 Å². The highest BCUT2D eigenvalue weighted by Gasteiger charge is 2.39. The molecule has 2 radical (unpaired) electrons. The zero-order valence-corrected chi connectivity index (χ0v) is 7.49. The molecule has 0 saturated carbocycles. The number of ether oxygens (including phenoxy) is 3. The molecule has 13 heavy (non-hydrogen) atoms. The first-order chi connectivity index (χ1) is 6.07. The number of hydrogen-bond acceptors (Lipinski definition) is 4. The number of hydrogen-bond donors (Lipinski definition) is 0. The summed E-state index contributed by atoms with van der Waals surface area (Å²) in [5.41, 5.74) is 0. The average Bonchev–Trinajstić information content (AvgIpc) is 2.56. The van der Waals surface area contributed by atoms with Crippen LogP contribution in [0.2, 0.25) is 0 Å². The van der Waals surface area contributed by atoms with Crippen LogP contribution in [0.25, 0.3) is 0 Å². The Morgan fingerprint density at radius 3 is 2.77 bits per heavy atom. The standard InChI is InChI=1S/C9H10O4/c1-9(2)11-5-7(13-9)6-3-4-8(10)12-6/h6-7H,5H2,1-2H3. The Balaban J connectivity index is 1.97. The molecule has 2 heterocycles. The first-order valence-electron chi connectivity index (χ1n) is 4.11. The van der Waals surface area contributed by atoms with E-state index >= 15 is 0 Å². The molecule has 2 atom stereocenters. The van der Waals surface area contributed by atoms with Gasteiger partial charge in [-0.25, -0.2) is 4.79 Å². The van der Waals surface area contributed by atoms with E-state index in [1.165, 1.54) is 0 Å². The molecule has 1 saturated heterocycles. The molecule has 2 unspecified atom stereocenters. The highest BCUT2D eigenvalue weighted by Crippen LogP contribution is 2.26. The van der Waals surface area contributed by atoms with Gasteiger partial charge < -0.3 is 14.2 Å². The van der Waals surface area contributed by atoms with Gasteiger partial charge in [-0.1, -0.05) is 0 Å². The molecule has 70 valence electrons. The van der Waals surface area contributed by atoms with E-state index in [2.05, 4.69) is 12.2 Å². The van der Waals surface area contributed by atoms with Crippen molar-refractivity contribution in [1.29, 1.82) is 0 Å². The van der Waals surface area contributed by atoms with Crippen molar-refractivity contribution in [3.05, 3.63) is 12.2 Å². The molecule has 0 aliphatic carbocycles. The Kier molecular flexibility index (Phi) is 1.89. The topological polar surface area (TPSA) is 44.8 Å². The van der Waals surface area contributed by atoms with E-state index in [1.807, 2.05) is 13.8 Å². The molecular weight excluding hydrogens is 172 g/mol. The van der Waals surface area contributed by atoms with E-state index in [1.54, 1.807) is 0 Å². The van der Waals surface area contributed by atoms with Gasteiger partial charge in [0.05, 0.1) is 12.7 Å². The van der Waals surface area contributed by atoms with Gasteiger partial charge in [-0.05, 0) is 13.8 Å². The van der Waals surface area contributed by atoms with E-state index in [0.717, 1.165) is 0 Å². The second-order valence-corrected chi connectivity index (χ2v) is 3.46. The number of carbonyl (C=O) groups excluding carboxylic acids is 1. The highest BCUT2D eigenvalue weighted by molar-refractivity contribution is 5.79. The van der Waals surface area contributed by atoms with Crippen LogP contribution in [-0.4, -0.2) is 30.6 Å². The highest BCUT2D eigenvalue weighted by atomic mass is 16.8. The quantitative estimate of drug-likeness (QED) is 0.544. The number of esters is 1. The first kappa shape index (κ1) is 8.72. The van der Waals surface area contributed by atoms with Crippen molar-refractivity contribution in [2.45, 2.75) is 31.8 Å². The zero-order valence-electron chi connectivity index (χ0n) is 7.49. The molecule has 0 aromatic carbocycles. The Morgan fingerprint density at radius 2 is 2.31 bits per heavy atom. The summed E-state index contributed by atoms with van der Waals surface area (Å²) >= 11 is 0. The van der Waals surface area contributed by atoms with Gasteiger partial charge in [-0.3, -0.25) is 0 Å². The molecule has 4 nitrogen and oxygen atoms in total. The van der Waals surface area contributed by atoms with Crippen LogP contribution >= 0.6 is 0 Å². The van der Waals surface area contributed by atoms with Crippen LogP contribution in [0.15, 0.2) is 0 Å². The average molecular weight is 182 g/mol. The van der Waals surface area contributed by atoms with Crippen molar-refractivity contribution in [2.75, 3.05) is 6.61 Å². The van der Waals surface area contributed by atoms with Crippen LogP contribution in [0.4, 0.5) is 0 Å². The predicted octanol–water partition coefficient (Wildman–Crippen LogP) is 0.226. The monoisotopic (exact) mass is 182 g/mol. The van der Waals surface area contributed by atoms with Gasteiger partial charge in [-0.2, -0.15) is 0 Å². The second kappa shape index (κ2) is 2.82. The predicted molar refractivity (Wildman–Crippen MR) is 41.3 cm³/mol. The minimum absolute atomic E-state index is 0.256. The summed E-state index contributed by atoms with van der Waals surface area (Å²) in [7, 11) is 0. The molecule has 2 aliphatic rings. The van der Waals surface area contributed by atoms with Crippen LogP contribution in [0.5, 0.6) is 0 Å². The van der Waals surface area contributed by atoms with Crippen molar-refractivity contribution in [1.82, 2.24) is 0 Å². The third-order valence-corrected chi connectivity index (χ3v) is 1.92. The fraction of sp³-hybridized carbons (Fsp3) is 0.667. The second-order valence-electron chi connectivity index (χ2n) is 3.46. The largest absolute Gasteiger partial charge is 0.451 e. The van der Waals surface area contributed by atoms with Gasteiger partial charge in [-0.15, -0.1) is 0 Å². The molecule has 4 heteroatoms. The normalized spacial score (nSPS) is 36.6. The minimum Gasteiger partial charge on any atom is -0.451 e. The summed E-state index contributed by atoms with van der Waals surface area (Å²) in [6.07, 6.45) is 4.27. The third-order valence-electron chi connectivity index (χ3n) is 1.92.